The Hall–Kier alpha value is -3.22. The minimum Gasteiger partial charge on any atom is -0.466 e. The number of carbonyl (C=O) groups is 6. The maximum atomic E-state index is 11.5. The van der Waals surface area contributed by atoms with Gasteiger partial charge in [0.1, 0.15) is 19.4 Å². The van der Waals surface area contributed by atoms with Gasteiger partial charge in [0.05, 0.1) is 13.2 Å². The Morgan fingerprint density at radius 1 is 0.566 bits per heavy atom. The Bertz CT molecular complexity index is 981. The van der Waals surface area contributed by atoms with Gasteiger partial charge in [-0.15, -0.1) is 0 Å². The van der Waals surface area contributed by atoms with E-state index in [4.69, 9.17) is 14.2 Å². The van der Waals surface area contributed by atoms with E-state index in [0.717, 1.165) is 71.1 Å². The van der Waals surface area contributed by atoms with E-state index in [2.05, 4.69) is 21.3 Å². The minimum absolute atomic E-state index is 0.0272. The van der Waals surface area contributed by atoms with Crippen molar-refractivity contribution in [3.05, 3.63) is 0 Å². The van der Waals surface area contributed by atoms with Gasteiger partial charge >= 0.3 is 23.9 Å². The molecule has 13 nitrogen and oxygen atoms in total. The predicted molar refractivity (Wildman–Crippen MR) is 203 cm³/mol. The summed E-state index contributed by atoms with van der Waals surface area (Å²) in [6, 6.07) is 0.605. The molecule has 3 fully saturated rings. The molecule has 2 amide bonds. The fraction of sp³-hybridized carbons (Fsp3) is 0.850. The molecule has 0 N–H and O–H groups in total. The van der Waals surface area contributed by atoms with Crippen molar-refractivity contribution < 1.29 is 52.5 Å². The molecular weight excluding hydrogens is 684 g/mol. The van der Waals surface area contributed by atoms with E-state index >= 15 is 0 Å². The maximum absolute atomic E-state index is 11.5. The molecular formula is C40H72N2O11. The van der Waals surface area contributed by atoms with Gasteiger partial charge in [0.15, 0.2) is 0 Å². The van der Waals surface area contributed by atoms with Crippen LogP contribution in [0.5, 0.6) is 0 Å². The van der Waals surface area contributed by atoms with Crippen LogP contribution in [0, 0.1) is 0 Å². The zero-order valence-corrected chi connectivity index (χ0v) is 33.9. The highest BCUT2D eigenvalue weighted by atomic mass is 16.6. The van der Waals surface area contributed by atoms with E-state index < -0.39 is 0 Å². The number of carbonyl (C=O) groups excluding carboxylic acids is 6. The second kappa shape index (κ2) is 33.4. The number of nitrogens with zero attached hydrogens (tertiary/aromatic N) is 2. The van der Waals surface area contributed by atoms with Gasteiger partial charge in [-0.2, -0.15) is 0 Å². The third-order valence-corrected chi connectivity index (χ3v) is 8.87. The van der Waals surface area contributed by atoms with E-state index in [-0.39, 0.29) is 49.2 Å². The number of hydrogen-bond donors (Lipinski definition) is 0. The van der Waals surface area contributed by atoms with E-state index in [1.807, 2.05) is 11.8 Å². The third-order valence-electron chi connectivity index (χ3n) is 8.87. The first-order chi connectivity index (χ1) is 25.4. The minimum atomic E-state index is -0.368. The van der Waals surface area contributed by atoms with E-state index in [1.165, 1.54) is 91.9 Å². The molecule has 0 aromatic heterocycles. The first-order valence-electron chi connectivity index (χ1n) is 20.1. The van der Waals surface area contributed by atoms with Gasteiger partial charge < -0.3 is 33.5 Å². The Labute approximate surface area is 319 Å². The Kier molecular flexibility index (Phi) is 31.3. The number of likely N-dealkylation sites (tertiary alicyclic amines) is 2. The van der Waals surface area contributed by atoms with Crippen molar-refractivity contribution in [3.63, 3.8) is 0 Å². The highest BCUT2D eigenvalue weighted by molar-refractivity contribution is 5.78. The quantitative estimate of drug-likeness (QED) is 0.0712. The fourth-order valence-electron chi connectivity index (χ4n) is 6.09. The van der Waals surface area contributed by atoms with Gasteiger partial charge in [0.2, 0.25) is 11.8 Å². The Balaban J connectivity index is 0.000000693. The summed E-state index contributed by atoms with van der Waals surface area (Å²) >= 11 is 0. The molecule has 2 heterocycles. The molecule has 0 spiro atoms. The summed E-state index contributed by atoms with van der Waals surface area (Å²) in [5.74, 6) is -0.545. The molecule has 1 saturated carbocycles. The lowest BCUT2D eigenvalue weighted by atomic mass is 9.94. The van der Waals surface area contributed by atoms with Crippen LogP contribution in [0.3, 0.4) is 0 Å². The van der Waals surface area contributed by atoms with Crippen molar-refractivity contribution in [2.75, 3.05) is 46.1 Å². The summed E-state index contributed by atoms with van der Waals surface area (Å²) in [7, 11) is 0. The van der Waals surface area contributed by atoms with E-state index in [9.17, 15) is 28.8 Å². The predicted octanol–water partition coefficient (Wildman–Crippen LogP) is 7.06. The molecule has 53 heavy (non-hydrogen) atoms. The maximum Gasteiger partial charge on any atom is 0.302 e. The first kappa shape index (κ1) is 49.8. The number of rotatable bonds is 20. The molecule has 1 atom stereocenters. The zero-order valence-electron chi connectivity index (χ0n) is 33.9. The van der Waals surface area contributed by atoms with Crippen molar-refractivity contribution >= 4 is 35.7 Å². The summed E-state index contributed by atoms with van der Waals surface area (Å²) < 4.78 is 24.2. The zero-order chi connectivity index (χ0) is 39.7. The number of ether oxygens (including phenoxy) is 5. The summed E-state index contributed by atoms with van der Waals surface area (Å²) in [6.45, 7) is 13.6. The standard InChI is InChI=1S/C14H27NO2.C10H17NO.C10H18O4.C6H10O4/c1-3-4-5-6-7-8-12-17-13(2)15-11-9-10-14(15)16;12-10-7-4-8-11(10)9-5-2-1-3-6-9;1-9(11)13-7-5-3-4-6-8-14-10(2)12;1-5(7)9-3-4-10-6(2)8/h13H,3-12H2,1-2H3;9H,1-8H2;3-8H2,1-2H3;3-4H2,1-2H3. The average Bonchev–Trinajstić information content (AvgIpc) is 3.76. The second-order valence-electron chi connectivity index (χ2n) is 13.7. The van der Waals surface area contributed by atoms with Crippen molar-refractivity contribution in [1.82, 2.24) is 9.80 Å². The van der Waals surface area contributed by atoms with Crippen LogP contribution in [-0.4, -0.2) is 104 Å². The topological polar surface area (TPSA) is 155 Å². The number of unbranched alkanes of at least 4 members (excludes halogenated alkanes) is 8. The highest BCUT2D eigenvalue weighted by Crippen LogP contribution is 2.26. The number of hydrogen-bond acceptors (Lipinski definition) is 11. The first-order valence-corrected chi connectivity index (χ1v) is 20.1. The van der Waals surface area contributed by atoms with E-state index in [1.54, 1.807) is 0 Å². The molecule has 13 heteroatoms. The van der Waals surface area contributed by atoms with Crippen LogP contribution in [0.4, 0.5) is 0 Å². The van der Waals surface area contributed by atoms with Gasteiger partial charge in [-0.1, -0.05) is 58.3 Å². The molecule has 0 aromatic carbocycles. The average molecular weight is 757 g/mol. The van der Waals surface area contributed by atoms with Crippen molar-refractivity contribution in [2.45, 2.75) is 176 Å². The van der Waals surface area contributed by atoms with Crippen LogP contribution < -0.4 is 0 Å². The lowest BCUT2D eigenvalue weighted by molar-refractivity contribution is -0.149. The summed E-state index contributed by atoms with van der Waals surface area (Å²) in [6.07, 6.45) is 21.5. The van der Waals surface area contributed by atoms with Crippen LogP contribution in [0.1, 0.15) is 164 Å². The number of esters is 4. The molecule has 0 bridgehead atoms. The highest BCUT2D eigenvalue weighted by Gasteiger charge is 2.28. The van der Waals surface area contributed by atoms with Crippen LogP contribution in [0.2, 0.25) is 0 Å². The molecule has 3 rings (SSSR count). The van der Waals surface area contributed by atoms with Crippen LogP contribution in [0.15, 0.2) is 0 Å². The lowest BCUT2D eigenvalue weighted by Gasteiger charge is -2.30. The molecule has 3 aliphatic rings. The molecule has 0 radical (unpaired) electrons. The summed E-state index contributed by atoms with van der Waals surface area (Å²) in [4.78, 5) is 67.9. The molecule has 2 aliphatic heterocycles. The van der Waals surface area contributed by atoms with Gasteiger partial charge in [0.25, 0.3) is 0 Å². The van der Waals surface area contributed by atoms with Crippen molar-refractivity contribution in [2.24, 2.45) is 0 Å². The van der Waals surface area contributed by atoms with Gasteiger partial charge in [-0.25, -0.2) is 0 Å². The second-order valence-corrected chi connectivity index (χ2v) is 13.7. The van der Waals surface area contributed by atoms with Gasteiger partial charge in [-0.3, -0.25) is 28.8 Å². The molecule has 308 valence electrons. The smallest absolute Gasteiger partial charge is 0.302 e. The van der Waals surface area contributed by atoms with Gasteiger partial charge in [-0.05, 0) is 64.7 Å². The Morgan fingerprint density at radius 2 is 1.00 bits per heavy atom. The largest absolute Gasteiger partial charge is 0.466 e. The number of amides is 2. The monoisotopic (exact) mass is 757 g/mol. The van der Waals surface area contributed by atoms with Crippen LogP contribution >= 0.6 is 0 Å². The normalized spacial score (nSPS) is 15.9. The van der Waals surface area contributed by atoms with E-state index in [0.29, 0.717) is 31.6 Å². The molecule has 1 unspecified atom stereocenters. The van der Waals surface area contributed by atoms with Gasteiger partial charge in [0, 0.05) is 66.3 Å². The molecule has 1 aliphatic carbocycles. The summed E-state index contributed by atoms with van der Waals surface area (Å²) in [5, 5.41) is 0. The molecule has 0 aromatic rings. The summed E-state index contributed by atoms with van der Waals surface area (Å²) in [5.41, 5.74) is 0. The van der Waals surface area contributed by atoms with Crippen LogP contribution in [0.25, 0.3) is 0 Å². The Morgan fingerprint density at radius 3 is 1.43 bits per heavy atom. The third kappa shape index (κ3) is 29.9. The molecule has 2 saturated heterocycles. The van der Waals surface area contributed by atoms with Crippen molar-refractivity contribution in [1.29, 1.82) is 0 Å². The fourth-order valence-corrected chi connectivity index (χ4v) is 6.09. The van der Waals surface area contributed by atoms with Crippen LogP contribution in [-0.2, 0) is 52.5 Å². The SMILES string of the molecule is CC(=O)OCCCCCCOC(C)=O.CC(=O)OCCOC(C)=O.CCCCCCCCOC(C)N1CCCC1=O.O=C1CCCN1C1CCCCC1. The van der Waals surface area contributed by atoms with Crippen molar-refractivity contribution in [3.8, 4) is 0 Å². The lowest BCUT2D eigenvalue weighted by Crippen LogP contribution is -2.37.